The van der Waals surface area contributed by atoms with Gasteiger partial charge in [-0.25, -0.2) is 0 Å². The second-order valence-corrected chi connectivity index (χ2v) is 4.57. The molecule has 2 rings (SSSR count). The fraction of sp³-hybridized carbons (Fsp3) is 0.455. The molecule has 0 bridgehead atoms. The van der Waals surface area contributed by atoms with Crippen molar-refractivity contribution in [3.63, 3.8) is 0 Å². The molecule has 1 aromatic carbocycles. The van der Waals surface area contributed by atoms with E-state index in [1.165, 1.54) is 6.07 Å². The van der Waals surface area contributed by atoms with Crippen molar-refractivity contribution < 1.29 is 4.92 Å². The Kier molecular flexibility index (Phi) is 3.49. The highest BCUT2D eigenvalue weighted by Crippen LogP contribution is 2.35. The molecule has 1 aliphatic rings. The lowest BCUT2D eigenvalue weighted by Gasteiger charge is -2.33. The van der Waals surface area contributed by atoms with Gasteiger partial charge in [0.1, 0.15) is 5.69 Å². The summed E-state index contributed by atoms with van der Waals surface area (Å²) in [6, 6.07) is 5.10. The average Bonchev–Trinajstić information content (AvgIpc) is 2.28. The predicted molar refractivity (Wildman–Crippen MR) is 67.8 cm³/mol. The van der Waals surface area contributed by atoms with Gasteiger partial charge in [-0.2, -0.15) is 0 Å². The number of rotatable bonds is 2. The molecule has 1 N–H and O–H groups in total. The van der Waals surface area contributed by atoms with E-state index in [-0.39, 0.29) is 10.6 Å². The lowest BCUT2D eigenvalue weighted by atomic mass is 10.2. The van der Waals surface area contributed by atoms with Crippen molar-refractivity contribution in [2.24, 2.45) is 0 Å². The van der Waals surface area contributed by atoms with Crippen LogP contribution in [0.4, 0.5) is 11.4 Å². The molecule has 17 heavy (non-hydrogen) atoms. The van der Waals surface area contributed by atoms with E-state index in [0.717, 1.165) is 19.6 Å². The molecule has 0 saturated carbocycles. The van der Waals surface area contributed by atoms with Crippen LogP contribution in [-0.2, 0) is 0 Å². The Labute approximate surface area is 105 Å². The summed E-state index contributed by atoms with van der Waals surface area (Å²) >= 11 is 6.09. The minimum absolute atomic E-state index is 0.0756. The standard InChI is InChI=1S/C11H14ClN3O2/c1-8-7-14(6-5-13-8)11-9(12)3-2-4-10(11)15(16)17/h2-4,8,13H,5-7H2,1H3. The molecule has 5 nitrogen and oxygen atoms in total. The molecule has 0 aliphatic carbocycles. The van der Waals surface area contributed by atoms with E-state index in [2.05, 4.69) is 12.2 Å². The first-order chi connectivity index (χ1) is 8.09. The first-order valence-electron chi connectivity index (χ1n) is 5.51. The van der Waals surface area contributed by atoms with Crippen molar-refractivity contribution in [1.29, 1.82) is 0 Å². The molecule has 1 saturated heterocycles. The first-order valence-corrected chi connectivity index (χ1v) is 5.88. The van der Waals surface area contributed by atoms with Crippen LogP contribution in [0, 0.1) is 10.1 Å². The highest BCUT2D eigenvalue weighted by atomic mass is 35.5. The van der Waals surface area contributed by atoms with Gasteiger partial charge in [0.2, 0.25) is 0 Å². The third-order valence-electron chi connectivity index (χ3n) is 2.85. The summed E-state index contributed by atoms with van der Waals surface area (Å²) in [5.74, 6) is 0. The lowest BCUT2D eigenvalue weighted by Crippen LogP contribution is -2.49. The molecular weight excluding hydrogens is 242 g/mol. The van der Waals surface area contributed by atoms with Crippen molar-refractivity contribution in [2.45, 2.75) is 13.0 Å². The van der Waals surface area contributed by atoms with Gasteiger partial charge in [0, 0.05) is 31.7 Å². The molecule has 0 radical (unpaired) electrons. The quantitative estimate of drug-likeness (QED) is 0.649. The van der Waals surface area contributed by atoms with Crippen LogP contribution in [0.25, 0.3) is 0 Å². The van der Waals surface area contributed by atoms with Gasteiger partial charge in [-0.1, -0.05) is 17.7 Å². The zero-order valence-corrected chi connectivity index (χ0v) is 10.3. The van der Waals surface area contributed by atoms with Crippen LogP contribution >= 0.6 is 11.6 Å². The van der Waals surface area contributed by atoms with Crippen LogP contribution in [0.15, 0.2) is 18.2 Å². The average molecular weight is 256 g/mol. The van der Waals surface area contributed by atoms with Gasteiger partial charge in [-0.05, 0) is 13.0 Å². The lowest BCUT2D eigenvalue weighted by molar-refractivity contribution is -0.384. The van der Waals surface area contributed by atoms with E-state index in [4.69, 9.17) is 11.6 Å². The molecule has 6 heteroatoms. The Morgan fingerprint density at radius 1 is 1.59 bits per heavy atom. The fourth-order valence-corrected chi connectivity index (χ4v) is 2.39. The van der Waals surface area contributed by atoms with Crippen molar-refractivity contribution in [1.82, 2.24) is 5.32 Å². The van der Waals surface area contributed by atoms with Crippen LogP contribution in [0.3, 0.4) is 0 Å². The summed E-state index contributed by atoms with van der Waals surface area (Å²) in [5, 5.41) is 14.7. The second-order valence-electron chi connectivity index (χ2n) is 4.17. The van der Waals surface area contributed by atoms with E-state index in [1.807, 2.05) is 4.90 Å². The largest absolute Gasteiger partial charge is 0.362 e. The molecule has 0 aromatic heterocycles. The van der Waals surface area contributed by atoms with Crippen molar-refractivity contribution in [3.8, 4) is 0 Å². The number of nitrogens with zero attached hydrogens (tertiary/aromatic N) is 2. The SMILES string of the molecule is CC1CN(c2c(Cl)cccc2[N+](=O)[O-])CCN1. The number of hydrogen-bond acceptors (Lipinski definition) is 4. The molecule has 1 fully saturated rings. The normalized spacial score (nSPS) is 20.4. The number of hydrogen-bond donors (Lipinski definition) is 1. The Bertz CT molecular complexity index is 439. The minimum Gasteiger partial charge on any atom is -0.362 e. The van der Waals surface area contributed by atoms with Gasteiger partial charge in [0.15, 0.2) is 0 Å². The van der Waals surface area contributed by atoms with Gasteiger partial charge in [0.25, 0.3) is 5.69 Å². The van der Waals surface area contributed by atoms with E-state index < -0.39 is 0 Å². The number of nitrogens with one attached hydrogen (secondary N) is 1. The molecule has 92 valence electrons. The number of halogens is 1. The summed E-state index contributed by atoms with van der Waals surface area (Å²) in [6.45, 7) is 4.32. The highest BCUT2D eigenvalue weighted by Gasteiger charge is 2.25. The highest BCUT2D eigenvalue weighted by molar-refractivity contribution is 6.33. The van der Waals surface area contributed by atoms with E-state index >= 15 is 0 Å². The maximum atomic E-state index is 11.0. The Balaban J connectivity index is 2.39. The Morgan fingerprint density at radius 3 is 3.00 bits per heavy atom. The molecule has 0 amide bonds. The monoisotopic (exact) mass is 255 g/mol. The Hall–Kier alpha value is -1.33. The van der Waals surface area contributed by atoms with Gasteiger partial charge >= 0.3 is 0 Å². The van der Waals surface area contributed by atoms with Crippen molar-refractivity contribution in [2.75, 3.05) is 24.5 Å². The predicted octanol–water partition coefficient (Wildman–Crippen LogP) is 2.05. The van der Waals surface area contributed by atoms with Crippen LogP contribution in [-0.4, -0.2) is 30.6 Å². The van der Waals surface area contributed by atoms with Crippen LogP contribution in [0.1, 0.15) is 6.92 Å². The molecule has 1 atom stereocenters. The molecule has 1 aromatic rings. The number of piperazine rings is 1. The van der Waals surface area contributed by atoms with Crippen LogP contribution in [0.2, 0.25) is 5.02 Å². The minimum atomic E-state index is -0.381. The smallest absolute Gasteiger partial charge is 0.294 e. The topological polar surface area (TPSA) is 58.4 Å². The van der Waals surface area contributed by atoms with Gasteiger partial charge in [0.05, 0.1) is 9.95 Å². The van der Waals surface area contributed by atoms with Gasteiger partial charge in [-0.15, -0.1) is 0 Å². The summed E-state index contributed by atoms with van der Waals surface area (Å²) in [4.78, 5) is 12.6. The zero-order valence-electron chi connectivity index (χ0n) is 9.52. The fourth-order valence-electron chi connectivity index (χ4n) is 2.10. The maximum absolute atomic E-state index is 11.0. The van der Waals surface area contributed by atoms with Crippen LogP contribution in [0.5, 0.6) is 0 Å². The number of para-hydroxylation sites is 1. The summed E-state index contributed by atoms with van der Waals surface area (Å²) in [5.41, 5.74) is 0.610. The molecule has 1 heterocycles. The maximum Gasteiger partial charge on any atom is 0.294 e. The molecular formula is C11H14ClN3O2. The third kappa shape index (κ3) is 2.50. The van der Waals surface area contributed by atoms with Gasteiger partial charge < -0.3 is 10.2 Å². The molecule has 1 aliphatic heterocycles. The number of nitro benzene ring substituents is 1. The van der Waals surface area contributed by atoms with E-state index in [9.17, 15) is 10.1 Å². The molecule has 1 unspecified atom stereocenters. The third-order valence-corrected chi connectivity index (χ3v) is 3.15. The first kappa shape index (κ1) is 12.1. The van der Waals surface area contributed by atoms with Crippen LogP contribution < -0.4 is 10.2 Å². The summed E-state index contributed by atoms with van der Waals surface area (Å²) in [6.07, 6.45) is 0. The van der Waals surface area contributed by atoms with E-state index in [0.29, 0.717) is 16.8 Å². The van der Waals surface area contributed by atoms with Crippen molar-refractivity contribution in [3.05, 3.63) is 33.3 Å². The Morgan fingerprint density at radius 2 is 2.35 bits per heavy atom. The number of benzene rings is 1. The number of anilines is 1. The molecule has 0 spiro atoms. The van der Waals surface area contributed by atoms with Crippen molar-refractivity contribution >= 4 is 23.0 Å². The summed E-state index contributed by atoms with van der Waals surface area (Å²) in [7, 11) is 0. The second kappa shape index (κ2) is 4.89. The number of nitro groups is 1. The van der Waals surface area contributed by atoms with E-state index in [1.54, 1.807) is 12.1 Å². The summed E-state index contributed by atoms with van der Waals surface area (Å²) < 4.78 is 0. The van der Waals surface area contributed by atoms with Gasteiger partial charge in [-0.3, -0.25) is 10.1 Å². The zero-order chi connectivity index (χ0) is 12.4.